The number of amides is 1. The second kappa shape index (κ2) is 9.37. The van der Waals surface area contributed by atoms with Gasteiger partial charge in [-0.1, -0.05) is 17.7 Å². The van der Waals surface area contributed by atoms with Crippen molar-refractivity contribution in [3.8, 4) is 0 Å². The largest absolute Gasteiger partial charge is 0.340 e. The van der Waals surface area contributed by atoms with Gasteiger partial charge in [0, 0.05) is 35.8 Å². The third-order valence-corrected chi connectivity index (χ3v) is 7.84. The Hall–Kier alpha value is -2.55. The van der Waals surface area contributed by atoms with E-state index in [0.717, 1.165) is 34.6 Å². The minimum Gasteiger partial charge on any atom is -0.340 e. The number of benzene rings is 1. The number of aromatic nitrogens is 2. The highest BCUT2D eigenvalue weighted by Crippen LogP contribution is 2.38. The lowest BCUT2D eigenvalue weighted by molar-refractivity contribution is -0.126. The maximum atomic E-state index is 13.5. The van der Waals surface area contributed by atoms with Gasteiger partial charge in [-0.3, -0.25) is 9.69 Å². The smallest absolute Gasteiger partial charge is 0.246 e. The number of halogens is 2. The summed E-state index contributed by atoms with van der Waals surface area (Å²) in [6, 6.07) is 5.09. The van der Waals surface area contributed by atoms with Gasteiger partial charge in [0.15, 0.2) is 0 Å². The van der Waals surface area contributed by atoms with Gasteiger partial charge >= 0.3 is 0 Å². The van der Waals surface area contributed by atoms with Crippen LogP contribution in [0.25, 0.3) is 10.2 Å². The molecule has 1 saturated heterocycles. The molecule has 9 heteroatoms. The highest BCUT2D eigenvalue weighted by molar-refractivity contribution is 7.19. The van der Waals surface area contributed by atoms with Crippen molar-refractivity contribution in [1.82, 2.24) is 19.8 Å². The molecule has 1 N–H and O–H groups in total. The van der Waals surface area contributed by atoms with Gasteiger partial charge in [-0.2, -0.15) is 0 Å². The van der Waals surface area contributed by atoms with Crippen LogP contribution >= 0.6 is 22.9 Å². The van der Waals surface area contributed by atoms with Crippen molar-refractivity contribution in [2.45, 2.75) is 38.8 Å². The molecule has 2 aliphatic heterocycles. The second-order valence-corrected chi connectivity index (χ2v) is 10.0. The number of thiophene rings is 1. The summed E-state index contributed by atoms with van der Waals surface area (Å²) >= 11 is 7.52. The highest BCUT2D eigenvalue weighted by atomic mass is 35.5. The quantitative estimate of drug-likeness (QED) is 0.506. The van der Waals surface area contributed by atoms with Crippen molar-refractivity contribution in [2.75, 3.05) is 25.0 Å². The predicted molar refractivity (Wildman–Crippen MR) is 131 cm³/mol. The lowest BCUT2D eigenvalue weighted by atomic mass is 10.0. The van der Waals surface area contributed by atoms with Gasteiger partial charge < -0.3 is 10.2 Å². The van der Waals surface area contributed by atoms with E-state index < -0.39 is 5.82 Å². The molecule has 1 atom stereocenters. The summed E-state index contributed by atoms with van der Waals surface area (Å²) < 4.78 is 13.5. The number of hydrogen-bond donors (Lipinski definition) is 1. The zero-order chi connectivity index (χ0) is 22.9. The zero-order valence-corrected chi connectivity index (χ0v) is 19.9. The van der Waals surface area contributed by atoms with E-state index in [9.17, 15) is 9.18 Å². The Morgan fingerprint density at radius 1 is 1.36 bits per heavy atom. The first-order valence-corrected chi connectivity index (χ1v) is 12.4. The Kier molecular flexibility index (Phi) is 6.32. The molecule has 4 heterocycles. The lowest BCUT2D eigenvalue weighted by Gasteiger charge is -2.26. The summed E-state index contributed by atoms with van der Waals surface area (Å²) in [5, 5.41) is 4.27. The number of carbonyl (C=O) groups excluding carboxylic acids is 1. The van der Waals surface area contributed by atoms with Crippen LogP contribution in [0.3, 0.4) is 0 Å². The third kappa shape index (κ3) is 4.60. The molecule has 0 bridgehead atoms. The lowest BCUT2D eigenvalue weighted by Crippen LogP contribution is -2.34. The van der Waals surface area contributed by atoms with Crippen LogP contribution in [0.4, 0.5) is 15.9 Å². The Morgan fingerprint density at radius 2 is 2.24 bits per heavy atom. The maximum absolute atomic E-state index is 13.5. The van der Waals surface area contributed by atoms with Crippen LogP contribution in [0.2, 0.25) is 5.02 Å². The van der Waals surface area contributed by atoms with E-state index in [2.05, 4.69) is 27.1 Å². The Labute approximate surface area is 201 Å². The van der Waals surface area contributed by atoms with Crippen LogP contribution in [0.5, 0.6) is 0 Å². The fourth-order valence-corrected chi connectivity index (χ4v) is 5.96. The van der Waals surface area contributed by atoms with Crippen LogP contribution < -0.4 is 5.32 Å². The average molecular weight is 486 g/mol. The van der Waals surface area contributed by atoms with E-state index in [1.807, 2.05) is 11.0 Å². The SMILES string of the molecule is CC1CCCN1C/C=C/C(=O)N1CCc2c(sc3ncnc(Nc4ccc(F)c(Cl)c4)c23)C1. The number of carbonyl (C=O) groups is 1. The molecule has 1 unspecified atom stereocenters. The standard InChI is InChI=1S/C24H25ClFN5OS/c1-15-4-2-9-30(15)10-3-5-21(32)31-11-8-17-20(13-31)33-24-22(17)23(27-14-28-24)29-16-6-7-19(26)18(25)12-16/h3,5-7,12,14-15H,2,4,8-11,13H2,1H3,(H,27,28,29)/b5-3+. The van der Waals surface area contributed by atoms with Crippen molar-refractivity contribution in [2.24, 2.45) is 0 Å². The first-order chi connectivity index (χ1) is 16.0. The van der Waals surface area contributed by atoms with Crippen LogP contribution in [0, 0.1) is 5.82 Å². The van der Waals surface area contributed by atoms with Crippen molar-refractivity contribution in [3.63, 3.8) is 0 Å². The van der Waals surface area contributed by atoms with Crippen LogP contribution in [0.1, 0.15) is 30.2 Å². The molecule has 2 aromatic heterocycles. The maximum Gasteiger partial charge on any atom is 0.246 e. The van der Waals surface area contributed by atoms with Crippen LogP contribution in [0.15, 0.2) is 36.7 Å². The second-order valence-electron chi connectivity index (χ2n) is 8.56. The Balaban J connectivity index is 1.32. The molecule has 0 radical (unpaired) electrons. The molecule has 1 aromatic carbocycles. The topological polar surface area (TPSA) is 61.4 Å². The number of hydrogen-bond acceptors (Lipinski definition) is 6. The van der Waals surface area contributed by atoms with E-state index in [-0.39, 0.29) is 10.9 Å². The van der Waals surface area contributed by atoms with Gasteiger partial charge in [-0.25, -0.2) is 14.4 Å². The fourth-order valence-electron chi connectivity index (χ4n) is 4.58. The molecular weight excluding hydrogens is 461 g/mol. The minimum atomic E-state index is -0.461. The van der Waals surface area contributed by atoms with Gasteiger partial charge in [0.25, 0.3) is 0 Å². The van der Waals surface area contributed by atoms with Gasteiger partial charge in [-0.15, -0.1) is 11.3 Å². The molecule has 6 nitrogen and oxygen atoms in total. The summed E-state index contributed by atoms with van der Waals surface area (Å²) in [5.74, 6) is 0.256. The van der Waals surface area contributed by atoms with Crippen molar-refractivity contribution in [3.05, 3.63) is 58.0 Å². The first-order valence-electron chi connectivity index (χ1n) is 11.2. The number of likely N-dealkylation sites (tertiary alicyclic amines) is 1. The molecular formula is C24H25ClFN5OS. The molecule has 33 heavy (non-hydrogen) atoms. The summed E-state index contributed by atoms with van der Waals surface area (Å²) in [6.07, 6.45) is 8.43. The molecule has 0 aliphatic carbocycles. The normalized spacial score (nSPS) is 18.9. The zero-order valence-electron chi connectivity index (χ0n) is 18.4. The molecule has 1 amide bonds. The van der Waals surface area contributed by atoms with E-state index in [0.29, 0.717) is 30.6 Å². The van der Waals surface area contributed by atoms with E-state index in [1.165, 1.54) is 30.8 Å². The Bertz CT molecular complexity index is 1230. The molecule has 1 fully saturated rings. The van der Waals surface area contributed by atoms with Gasteiger partial charge in [0.2, 0.25) is 5.91 Å². The van der Waals surface area contributed by atoms with Crippen LogP contribution in [-0.4, -0.2) is 51.4 Å². The predicted octanol–water partition coefficient (Wildman–Crippen LogP) is 5.15. The third-order valence-electron chi connectivity index (χ3n) is 6.42. The summed E-state index contributed by atoms with van der Waals surface area (Å²) in [5.41, 5.74) is 1.83. The molecule has 2 aliphatic rings. The monoisotopic (exact) mass is 485 g/mol. The average Bonchev–Trinajstić information content (AvgIpc) is 3.39. The fraction of sp³-hybridized carbons (Fsp3) is 0.375. The first kappa shape index (κ1) is 22.3. The van der Waals surface area contributed by atoms with Crippen molar-refractivity contribution >= 4 is 50.6 Å². The van der Waals surface area contributed by atoms with Gasteiger partial charge in [0.05, 0.1) is 17.0 Å². The molecule has 0 saturated carbocycles. The number of fused-ring (bicyclic) bond motifs is 3. The van der Waals surface area contributed by atoms with Crippen molar-refractivity contribution < 1.29 is 9.18 Å². The van der Waals surface area contributed by atoms with E-state index >= 15 is 0 Å². The molecule has 3 aromatic rings. The van der Waals surface area contributed by atoms with E-state index in [4.69, 9.17) is 11.6 Å². The minimum absolute atomic E-state index is 0.0512. The van der Waals surface area contributed by atoms with Crippen LogP contribution in [-0.2, 0) is 17.8 Å². The molecule has 5 rings (SSSR count). The Morgan fingerprint density at radius 3 is 3.03 bits per heavy atom. The molecule has 172 valence electrons. The summed E-state index contributed by atoms with van der Waals surface area (Å²) in [7, 11) is 0. The van der Waals surface area contributed by atoms with Crippen molar-refractivity contribution in [1.29, 1.82) is 0 Å². The highest BCUT2D eigenvalue weighted by Gasteiger charge is 2.26. The molecule has 0 spiro atoms. The number of anilines is 2. The summed E-state index contributed by atoms with van der Waals surface area (Å²) in [6.45, 7) is 5.40. The van der Waals surface area contributed by atoms with Gasteiger partial charge in [-0.05, 0) is 56.5 Å². The van der Waals surface area contributed by atoms with Gasteiger partial charge in [0.1, 0.15) is 22.8 Å². The number of nitrogens with one attached hydrogen (secondary N) is 1. The number of rotatable bonds is 5. The van der Waals surface area contributed by atoms with E-state index in [1.54, 1.807) is 29.5 Å². The number of nitrogens with zero attached hydrogens (tertiary/aromatic N) is 4. The summed E-state index contributed by atoms with van der Waals surface area (Å²) in [4.78, 5) is 28.0.